The van der Waals surface area contributed by atoms with Crippen LogP contribution >= 0.6 is 11.3 Å². The molecule has 1 aromatic carbocycles. The molecule has 0 atom stereocenters. The zero-order valence-corrected chi connectivity index (χ0v) is 13.3. The fourth-order valence-corrected chi connectivity index (χ4v) is 3.44. The predicted molar refractivity (Wildman–Crippen MR) is 85.8 cm³/mol. The summed E-state index contributed by atoms with van der Waals surface area (Å²) >= 11 is 1.15. The number of halogens is 1. The quantitative estimate of drug-likeness (QED) is 0.806. The van der Waals surface area contributed by atoms with Gasteiger partial charge in [0.1, 0.15) is 10.7 Å². The van der Waals surface area contributed by atoms with Crippen LogP contribution in [-0.2, 0) is 9.53 Å². The number of rotatable bonds is 4. The number of likely N-dealkylation sites (tertiary alicyclic amines) is 1. The lowest BCUT2D eigenvalue weighted by Gasteiger charge is -2.14. The summed E-state index contributed by atoms with van der Waals surface area (Å²) in [5.41, 5.74) is 0.449. The molecule has 23 heavy (non-hydrogen) atoms. The van der Waals surface area contributed by atoms with Gasteiger partial charge in [-0.25, -0.2) is 9.18 Å². The molecule has 0 bridgehead atoms. The molecule has 0 unspecified atom stereocenters. The third-order valence-corrected chi connectivity index (χ3v) is 4.83. The number of amides is 1. The van der Waals surface area contributed by atoms with Crippen molar-refractivity contribution in [3.8, 4) is 10.4 Å². The smallest absolute Gasteiger partial charge is 0.348 e. The van der Waals surface area contributed by atoms with E-state index in [1.807, 2.05) is 0 Å². The Labute approximate surface area is 137 Å². The number of nitrogens with zero attached hydrogens (tertiary/aromatic N) is 1. The molecule has 0 saturated carbocycles. The van der Waals surface area contributed by atoms with E-state index in [2.05, 4.69) is 0 Å². The average molecular weight is 333 g/mol. The monoisotopic (exact) mass is 333 g/mol. The minimum atomic E-state index is -0.551. The van der Waals surface area contributed by atoms with Crippen LogP contribution in [0.3, 0.4) is 0 Å². The van der Waals surface area contributed by atoms with Crippen LogP contribution in [0.1, 0.15) is 22.5 Å². The lowest BCUT2D eigenvalue weighted by molar-refractivity contribution is -0.133. The highest BCUT2D eigenvalue weighted by atomic mass is 32.1. The van der Waals surface area contributed by atoms with Crippen molar-refractivity contribution < 1.29 is 18.7 Å². The third kappa shape index (κ3) is 3.59. The first-order chi connectivity index (χ1) is 11.1. The van der Waals surface area contributed by atoms with Crippen molar-refractivity contribution in [2.24, 2.45) is 0 Å². The molecule has 0 N–H and O–H groups in total. The minimum absolute atomic E-state index is 0.165. The van der Waals surface area contributed by atoms with Crippen molar-refractivity contribution in [1.29, 1.82) is 0 Å². The third-order valence-electron chi connectivity index (χ3n) is 3.73. The van der Waals surface area contributed by atoms with Crippen molar-refractivity contribution in [3.05, 3.63) is 47.1 Å². The molecule has 1 aromatic heterocycles. The van der Waals surface area contributed by atoms with Gasteiger partial charge in [0.25, 0.3) is 5.91 Å². The normalized spacial score (nSPS) is 14.0. The maximum absolute atomic E-state index is 13.8. The Morgan fingerprint density at radius 3 is 2.61 bits per heavy atom. The van der Waals surface area contributed by atoms with E-state index in [9.17, 15) is 14.0 Å². The molecule has 4 nitrogen and oxygen atoms in total. The Bertz CT molecular complexity index is 722. The van der Waals surface area contributed by atoms with Crippen LogP contribution in [0.5, 0.6) is 0 Å². The van der Waals surface area contributed by atoms with Crippen LogP contribution in [0.4, 0.5) is 4.39 Å². The molecular weight excluding hydrogens is 317 g/mol. The zero-order chi connectivity index (χ0) is 16.2. The second-order valence-corrected chi connectivity index (χ2v) is 6.39. The van der Waals surface area contributed by atoms with Gasteiger partial charge in [0.05, 0.1) is 0 Å². The van der Waals surface area contributed by atoms with Crippen LogP contribution in [0.25, 0.3) is 10.4 Å². The molecular formula is C17H16FNO3S. The molecule has 0 spiro atoms. The van der Waals surface area contributed by atoms with Crippen molar-refractivity contribution in [2.75, 3.05) is 19.7 Å². The Balaban J connectivity index is 1.62. The summed E-state index contributed by atoms with van der Waals surface area (Å²) in [6, 6.07) is 9.67. The molecule has 0 aliphatic carbocycles. The van der Waals surface area contributed by atoms with Gasteiger partial charge in [-0.1, -0.05) is 18.2 Å². The highest BCUT2D eigenvalue weighted by molar-refractivity contribution is 7.17. The number of thiophene rings is 1. The number of benzene rings is 1. The highest BCUT2D eigenvalue weighted by Gasteiger charge is 2.20. The van der Waals surface area contributed by atoms with E-state index in [0.29, 0.717) is 15.3 Å². The van der Waals surface area contributed by atoms with E-state index in [1.54, 1.807) is 35.2 Å². The molecule has 0 radical (unpaired) electrons. The van der Waals surface area contributed by atoms with E-state index in [-0.39, 0.29) is 18.3 Å². The number of ether oxygens (including phenoxy) is 1. The van der Waals surface area contributed by atoms with Crippen molar-refractivity contribution in [2.45, 2.75) is 12.8 Å². The van der Waals surface area contributed by atoms with Gasteiger partial charge in [-0.05, 0) is 31.0 Å². The standard InChI is InChI=1S/C17H16FNO3S/c18-13-6-2-1-5-12(13)14-7-8-15(23-14)17(21)22-11-16(20)19-9-3-4-10-19/h1-2,5-8H,3-4,9-11H2. The van der Waals surface area contributed by atoms with Crippen molar-refractivity contribution in [1.82, 2.24) is 4.90 Å². The summed E-state index contributed by atoms with van der Waals surface area (Å²) in [5, 5.41) is 0. The van der Waals surface area contributed by atoms with Gasteiger partial charge < -0.3 is 9.64 Å². The van der Waals surface area contributed by atoms with Gasteiger partial charge in [-0.3, -0.25) is 4.79 Å². The number of carbonyl (C=O) groups excluding carboxylic acids is 2. The lowest BCUT2D eigenvalue weighted by atomic mass is 10.2. The summed E-state index contributed by atoms with van der Waals surface area (Å²) < 4.78 is 18.8. The number of hydrogen-bond donors (Lipinski definition) is 0. The molecule has 2 heterocycles. The Hall–Kier alpha value is -2.21. The van der Waals surface area contributed by atoms with Gasteiger partial charge in [0.2, 0.25) is 0 Å². The SMILES string of the molecule is O=C(OCC(=O)N1CCCC1)c1ccc(-c2ccccc2F)s1. The number of carbonyl (C=O) groups is 2. The fraction of sp³-hybridized carbons (Fsp3) is 0.294. The Morgan fingerprint density at radius 2 is 1.87 bits per heavy atom. The molecule has 2 aromatic rings. The molecule has 120 valence electrons. The summed E-state index contributed by atoms with van der Waals surface area (Å²) in [6.07, 6.45) is 1.99. The van der Waals surface area contributed by atoms with E-state index in [0.717, 1.165) is 37.3 Å². The molecule has 1 amide bonds. The first-order valence-corrected chi connectivity index (χ1v) is 8.26. The van der Waals surface area contributed by atoms with Gasteiger partial charge in [0.15, 0.2) is 6.61 Å². The van der Waals surface area contributed by atoms with Crippen molar-refractivity contribution >= 4 is 23.2 Å². The highest BCUT2D eigenvalue weighted by Crippen LogP contribution is 2.30. The predicted octanol–water partition coefficient (Wildman–Crippen LogP) is 3.33. The van der Waals surface area contributed by atoms with Gasteiger partial charge >= 0.3 is 5.97 Å². The summed E-state index contributed by atoms with van der Waals surface area (Å²) in [6.45, 7) is 1.21. The second kappa shape index (κ2) is 6.91. The van der Waals surface area contributed by atoms with Crippen LogP contribution in [-0.4, -0.2) is 36.5 Å². The molecule has 6 heteroatoms. The number of hydrogen-bond acceptors (Lipinski definition) is 4. The minimum Gasteiger partial charge on any atom is -0.451 e. The maximum atomic E-state index is 13.8. The summed E-state index contributed by atoms with van der Waals surface area (Å²) in [4.78, 5) is 26.6. The van der Waals surface area contributed by atoms with Crippen LogP contribution < -0.4 is 0 Å². The first kappa shape index (κ1) is 15.7. The van der Waals surface area contributed by atoms with Crippen LogP contribution in [0, 0.1) is 5.82 Å². The van der Waals surface area contributed by atoms with Crippen molar-refractivity contribution in [3.63, 3.8) is 0 Å². The Kier molecular flexibility index (Phi) is 4.71. The molecule has 1 aliphatic heterocycles. The average Bonchev–Trinajstić information content (AvgIpc) is 3.24. The van der Waals surface area contributed by atoms with E-state index in [1.165, 1.54) is 6.07 Å². The number of esters is 1. The largest absolute Gasteiger partial charge is 0.451 e. The van der Waals surface area contributed by atoms with Crippen LogP contribution in [0.15, 0.2) is 36.4 Å². The van der Waals surface area contributed by atoms with Gasteiger partial charge in [-0.2, -0.15) is 0 Å². The van der Waals surface area contributed by atoms with Gasteiger partial charge in [-0.15, -0.1) is 11.3 Å². The molecule has 1 fully saturated rings. The van der Waals surface area contributed by atoms with E-state index >= 15 is 0 Å². The maximum Gasteiger partial charge on any atom is 0.348 e. The lowest BCUT2D eigenvalue weighted by Crippen LogP contribution is -2.31. The van der Waals surface area contributed by atoms with Crippen LogP contribution in [0.2, 0.25) is 0 Å². The molecule has 3 rings (SSSR count). The zero-order valence-electron chi connectivity index (χ0n) is 12.5. The fourth-order valence-electron chi connectivity index (χ4n) is 2.51. The Morgan fingerprint density at radius 1 is 1.13 bits per heavy atom. The first-order valence-electron chi connectivity index (χ1n) is 7.45. The second-order valence-electron chi connectivity index (χ2n) is 5.31. The topological polar surface area (TPSA) is 46.6 Å². The van der Waals surface area contributed by atoms with E-state index in [4.69, 9.17) is 4.74 Å². The molecule has 1 saturated heterocycles. The molecule has 1 aliphatic rings. The summed E-state index contributed by atoms with van der Waals surface area (Å²) in [5.74, 6) is -1.05. The van der Waals surface area contributed by atoms with E-state index < -0.39 is 5.97 Å². The van der Waals surface area contributed by atoms with Gasteiger partial charge in [0, 0.05) is 23.5 Å². The summed E-state index contributed by atoms with van der Waals surface area (Å²) in [7, 11) is 0.